The van der Waals surface area contributed by atoms with E-state index in [1.165, 1.54) is 219 Å². The Morgan fingerprint density at radius 1 is 0.352 bits per heavy atom. The summed E-state index contributed by atoms with van der Waals surface area (Å²) in [6, 6.07) is 18.6. The molecule has 0 aliphatic heterocycles. The first kappa shape index (κ1) is 69.1. The van der Waals surface area contributed by atoms with Crippen LogP contribution >= 0.6 is 102 Å². The predicted molar refractivity (Wildman–Crippen MR) is 412 cm³/mol. The summed E-state index contributed by atoms with van der Waals surface area (Å²) >= 11 is 16.3. The van der Waals surface area contributed by atoms with Crippen LogP contribution in [-0.2, 0) is 25.7 Å². The van der Waals surface area contributed by atoms with Crippen LogP contribution in [-0.4, -0.2) is 8.75 Å². The molecule has 2 nitrogen and oxygen atoms in total. The van der Waals surface area contributed by atoms with E-state index in [1.54, 1.807) is 28.2 Å². The Kier molecular flexibility index (Phi) is 24.8. The van der Waals surface area contributed by atoms with Crippen molar-refractivity contribution in [3.63, 3.8) is 0 Å². The van der Waals surface area contributed by atoms with Gasteiger partial charge in [0.2, 0.25) is 0 Å². The molecule has 0 bridgehead atoms. The third-order valence-electron chi connectivity index (χ3n) is 19.7. The van der Waals surface area contributed by atoms with Gasteiger partial charge in [-0.2, -0.15) is 8.75 Å². The lowest BCUT2D eigenvalue weighted by atomic mass is 9.89. The molecule has 11 aromatic rings. The fourth-order valence-electron chi connectivity index (χ4n) is 14.3. The van der Waals surface area contributed by atoms with E-state index in [0.717, 1.165) is 105 Å². The van der Waals surface area contributed by atoms with Crippen LogP contribution in [0.4, 0.5) is 8.78 Å². The Hall–Kier alpha value is -3.24. The highest BCUT2D eigenvalue weighted by molar-refractivity contribution is 7.34. The minimum atomic E-state index is -0.0691. The minimum absolute atomic E-state index is 0.0691. The van der Waals surface area contributed by atoms with Crippen LogP contribution in [0.2, 0.25) is 0 Å². The molecule has 0 spiro atoms. The first-order chi connectivity index (χ1) is 44.4. The fourth-order valence-corrected chi connectivity index (χ4v) is 24.7. The van der Waals surface area contributed by atoms with Crippen molar-refractivity contribution in [3.8, 4) is 50.1 Å². The Labute approximate surface area is 579 Å². The quantitative estimate of drug-likeness (QED) is 0.0363. The average molecular weight is 1390 g/mol. The highest BCUT2D eigenvalue weighted by Crippen LogP contribution is 2.57. The molecule has 0 aliphatic rings. The van der Waals surface area contributed by atoms with Crippen molar-refractivity contribution in [3.05, 3.63) is 90.8 Å². The molecule has 9 heterocycles. The van der Waals surface area contributed by atoms with Gasteiger partial charge in [-0.05, 0) is 123 Å². The Balaban J connectivity index is 1.06. The lowest BCUT2D eigenvalue weighted by Gasteiger charge is -2.17. The molecule has 4 unspecified atom stereocenters. The SMILES string of the molecule is CCCCCCC(CCCC)Cc1cc(-c2cc3c4nsnc4c4cc(-c5cc(CC(CCCC)CCCCCC)c(-c6cc7c(-c8cc(F)c(CC(CC)CCCC)s8)c8sc(C)cc8c(-c8cc(F)c(CC(CC)CCCC)s8)c7s6)s5)sc4c3s2)sc1C. The van der Waals surface area contributed by atoms with Gasteiger partial charge in [-0.15, -0.1) is 90.7 Å². The van der Waals surface area contributed by atoms with E-state index in [4.69, 9.17) is 8.75 Å². The summed E-state index contributed by atoms with van der Waals surface area (Å²) < 4.78 is 48.7. The molecule has 0 saturated carbocycles. The second kappa shape index (κ2) is 32.7. The molecule has 91 heavy (non-hydrogen) atoms. The molecule has 11 rings (SSSR count). The maximum absolute atomic E-state index is 16.8. The molecule has 0 saturated heterocycles. The van der Waals surface area contributed by atoms with Gasteiger partial charge in [-0.25, -0.2) is 8.78 Å². The number of thiophene rings is 8. The largest absolute Gasteiger partial charge is 0.206 e. The summed E-state index contributed by atoms with van der Waals surface area (Å²) in [5.74, 6) is 2.12. The third kappa shape index (κ3) is 15.8. The minimum Gasteiger partial charge on any atom is -0.206 e. The number of nitrogens with zero attached hydrogens (tertiary/aromatic N) is 2. The number of benzene rings is 2. The zero-order valence-corrected chi connectivity index (χ0v) is 63.4. The van der Waals surface area contributed by atoms with Gasteiger partial charge in [0, 0.05) is 101 Å². The van der Waals surface area contributed by atoms with Crippen molar-refractivity contribution in [1.82, 2.24) is 8.75 Å². The molecule has 0 amide bonds. The van der Waals surface area contributed by atoms with Crippen molar-refractivity contribution in [2.24, 2.45) is 23.7 Å². The monoisotopic (exact) mass is 1390 g/mol. The fraction of sp³-hybridized carbons (Fsp3) is 0.538. The van der Waals surface area contributed by atoms with Gasteiger partial charge in [0.25, 0.3) is 0 Å². The summed E-state index contributed by atoms with van der Waals surface area (Å²) in [4.78, 5) is 14.4. The first-order valence-electron chi connectivity index (χ1n) is 35.3. The maximum Gasteiger partial charge on any atom is 0.137 e. The zero-order chi connectivity index (χ0) is 63.7. The molecular formula is C78H98F2N2S9. The summed E-state index contributed by atoms with van der Waals surface area (Å²) in [5.41, 5.74) is 7.33. The van der Waals surface area contributed by atoms with Crippen LogP contribution in [0.1, 0.15) is 240 Å². The smallest absolute Gasteiger partial charge is 0.137 e. The van der Waals surface area contributed by atoms with Gasteiger partial charge in [0.1, 0.15) is 22.7 Å². The summed E-state index contributed by atoms with van der Waals surface area (Å²) in [5, 5.41) is 4.79. The molecule has 0 radical (unpaired) electrons. The maximum atomic E-state index is 16.8. The lowest BCUT2D eigenvalue weighted by Crippen LogP contribution is -2.05. The van der Waals surface area contributed by atoms with E-state index in [2.05, 4.69) is 106 Å². The Morgan fingerprint density at radius 2 is 0.769 bits per heavy atom. The topological polar surface area (TPSA) is 25.8 Å². The lowest BCUT2D eigenvalue weighted by molar-refractivity contribution is 0.410. The van der Waals surface area contributed by atoms with Gasteiger partial charge < -0.3 is 0 Å². The van der Waals surface area contributed by atoms with Gasteiger partial charge >= 0.3 is 0 Å². The third-order valence-corrected chi connectivity index (χ3v) is 30.0. The molecular weight excluding hydrogens is 1290 g/mol. The summed E-state index contributed by atoms with van der Waals surface area (Å²) in [6.45, 7) is 22.9. The van der Waals surface area contributed by atoms with Gasteiger partial charge in [-0.3, -0.25) is 0 Å². The highest BCUT2D eigenvalue weighted by atomic mass is 32.1. The molecule has 2 aromatic carbocycles. The number of aromatic nitrogens is 2. The molecule has 9 aromatic heterocycles. The van der Waals surface area contributed by atoms with E-state index in [1.807, 2.05) is 80.2 Å². The second-order valence-electron chi connectivity index (χ2n) is 26.7. The van der Waals surface area contributed by atoms with Crippen LogP contribution in [0.25, 0.3) is 102 Å². The summed E-state index contributed by atoms with van der Waals surface area (Å²) in [7, 11) is 0. The van der Waals surface area contributed by atoms with Crippen LogP contribution in [0.15, 0.2) is 48.5 Å². The number of halogens is 2. The predicted octanol–water partition coefficient (Wildman–Crippen LogP) is 30.2. The van der Waals surface area contributed by atoms with E-state index in [0.29, 0.717) is 17.8 Å². The van der Waals surface area contributed by atoms with Crippen molar-refractivity contribution in [2.75, 3.05) is 0 Å². The number of aryl methyl sites for hydroxylation is 2. The molecule has 13 heteroatoms. The van der Waals surface area contributed by atoms with E-state index in [-0.39, 0.29) is 11.6 Å². The second-order valence-corrected chi connectivity index (χ2v) is 36.2. The number of hydrogen-bond donors (Lipinski definition) is 0. The number of fused-ring (bicyclic) bond motifs is 8. The van der Waals surface area contributed by atoms with Crippen LogP contribution in [0, 0.1) is 49.2 Å². The number of unbranched alkanes of at least 4 members (excludes halogenated alkanes) is 10. The van der Waals surface area contributed by atoms with E-state index < -0.39 is 0 Å². The van der Waals surface area contributed by atoms with Crippen molar-refractivity contribution in [1.29, 1.82) is 0 Å². The Morgan fingerprint density at radius 3 is 1.27 bits per heavy atom. The van der Waals surface area contributed by atoms with Crippen molar-refractivity contribution < 1.29 is 8.78 Å². The van der Waals surface area contributed by atoms with Crippen molar-refractivity contribution in [2.45, 2.75) is 249 Å². The van der Waals surface area contributed by atoms with Crippen LogP contribution in [0.5, 0.6) is 0 Å². The van der Waals surface area contributed by atoms with Crippen LogP contribution in [0.3, 0.4) is 0 Å². The molecule has 0 aliphatic carbocycles. The van der Waals surface area contributed by atoms with Crippen molar-refractivity contribution >= 4 is 154 Å². The zero-order valence-electron chi connectivity index (χ0n) is 56.1. The molecule has 4 atom stereocenters. The first-order valence-corrected chi connectivity index (χ1v) is 42.6. The van der Waals surface area contributed by atoms with E-state index in [9.17, 15) is 0 Å². The van der Waals surface area contributed by atoms with Gasteiger partial charge in [0.15, 0.2) is 0 Å². The highest BCUT2D eigenvalue weighted by Gasteiger charge is 2.29. The molecule has 0 fully saturated rings. The van der Waals surface area contributed by atoms with E-state index >= 15 is 8.78 Å². The number of hydrogen-bond acceptors (Lipinski definition) is 11. The van der Waals surface area contributed by atoms with Gasteiger partial charge in [0.05, 0.1) is 21.1 Å². The average Bonchev–Trinajstić information content (AvgIpc) is 1.60. The number of rotatable bonds is 37. The normalized spacial score (nSPS) is 13.7. The summed E-state index contributed by atoms with van der Waals surface area (Å²) in [6.07, 6.45) is 33.4. The van der Waals surface area contributed by atoms with Crippen LogP contribution < -0.4 is 0 Å². The Bertz CT molecular complexity index is 4020. The van der Waals surface area contributed by atoms with Gasteiger partial charge in [-0.1, -0.05) is 209 Å². The molecule has 0 N–H and O–H groups in total. The molecule has 488 valence electrons. The standard InChI is InChI=1S/C78H98F2N2S9/c1-11-19-25-27-33-51(31-23-15-5)36-53-40-63(84-48(53)10)65-43-57-72-73(82-91-81-72)58-44-66(89-78(58)77(57)88-65)64-41-54(37-52(32-24-16-6)34-28-26-20-12-2)74(87-64)69-42-56-71(68-46-60(80)62(86-68)39-50(18-8)30-22-14-4)75-55(35-47(9)83-75)70(76(56)90-69)67-45-59(79)61(85-67)38-49(17-7)29-21-13-3/h35,40-46,49-52H,11-34,36-39H2,1-10H3.